The second kappa shape index (κ2) is 9.13. The van der Waals surface area contributed by atoms with Crippen LogP contribution in [-0.2, 0) is 11.4 Å². The zero-order chi connectivity index (χ0) is 20.1. The van der Waals surface area contributed by atoms with Gasteiger partial charge in [-0.15, -0.1) is 10.2 Å². The molecule has 3 rings (SSSR count). The largest absolute Gasteiger partial charge is 0.486 e. The van der Waals surface area contributed by atoms with Gasteiger partial charge in [0.25, 0.3) is 0 Å². The van der Waals surface area contributed by atoms with Crippen LogP contribution in [0.25, 0.3) is 0 Å². The molecule has 2 aromatic heterocycles. The number of halogens is 2. The molecule has 1 atom stereocenters. The predicted octanol–water partition coefficient (Wildman–Crippen LogP) is 3.39. The van der Waals surface area contributed by atoms with Crippen LogP contribution in [-0.4, -0.2) is 31.0 Å². The number of aromatic nitrogens is 4. The molecule has 146 valence electrons. The number of ether oxygens (including phenoxy) is 1. The van der Waals surface area contributed by atoms with Crippen LogP contribution in [0.2, 0.25) is 10.0 Å². The lowest BCUT2D eigenvalue weighted by atomic mass is 10.3. The molecular formula is C17H16Cl2N6O2S. The molecule has 3 N–H and O–H groups in total. The predicted molar refractivity (Wildman–Crippen MR) is 109 cm³/mol. The fourth-order valence-electron chi connectivity index (χ4n) is 2.05. The molecule has 0 saturated heterocycles. The summed E-state index contributed by atoms with van der Waals surface area (Å²) >= 11 is 12.8. The van der Waals surface area contributed by atoms with Crippen molar-refractivity contribution < 1.29 is 9.53 Å². The first-order chi connectivity index (χ1) is 13.4. The molecule has 0 aliphatic rings. The highest BCUT2D eigenvalue weighted by Crippen LogP contribution is 2.23. The molecule has 0 aliphatic heterocycles. The summed E-state index contributed by atoms with van der Waals surface area (Å²) in [6.45, 7) is 1.86. The highest BCUT2D eigenvalue weighted by atomic mass is 35.5. The Morgan fingerprint density at radius 1 is 1.21 bits per heavy atom. The summed E-state index contributed by atoms with van der Waals surface area (Å²) in [5, 5.41) is 11.8. The number of carbonyl (C=O) groups excluding carboxylic acids is 1. The van der Waals surface area contributed by atoms with Crippen molar-refractivity contribution in [2.75, 3.05) is 11.2 Å². The molecule has 2 heterocycles. The van der Waals surface area contributed by atoms with Crippen molar-refractivity contribution in [1.82, 2.24) is 19.9 Å². The van der Waals surface area contributed by atoms with Gasteiger partial charge in [-0.25, -0.2) is 9.66 Å². The van der Waals surface area contributed by atoms with Crippen molar-refractivity contribution in [1.29, 1.82) is 0 Å². The molecule has 28 heavy (non-hydrogen) atoms. The maximum atomic E-state index is 12.3. The minimum absolute atomic E-state index is 0.126. The van der Waals surface area contributed by atoms with Crippen LogP contribution in [0, 0.1) is 0 Å². The molecule has 0 bridgehead atoms. The maximum absolute atomic E-state index is 12.3. The molecule has 8 nitrogen and oxygen atoms in total. The summed E-state index contributed by atoms with van der Waals surface area (Å²) < 4.78 is 6.91. The number of nitrogens with two attached hydrogens (primary N) is 1. The quantitative estimate of drug-likeness (QED) is 0.429. The van der Waals surface area contributed by atoms with E-state index in [9.17, 15) is 4.79 Å². The Morgan fingerprint density at radius 3 is 2.61 bits per heavy atom. The van der Waals surface area contributed by atoms with E-state index in [1.54, 1.807) is 43.3 Å². The van der Waals surface area contributed by atoms with Crippen molar-refractivity contribution >= 4 is 46.7 Å². The third-order valence-electron chi connectivity index (χ3n) is 3.55. The minimum Gasteiger partial charge on any atom is -0.486 e. The van der Waals surface area contributed by atoms with Gasteiger partial charge in [0.15, 0.2) is 5.82 Å². The Labute approximate surface area is 175 Å². The van der Waals surface area contributed by atoms with Crippen molar-refractivity contribution in [3.05, 3.63) is 58.5 Å². The molecule has 1 aromatic carbocycles. The minimum atomic E-state index is -0.478. The number of anilines is 1. The lowest BCUT2D eigenvalue weighted by Gasteiger charge is -2.11. The molecule has 0 aliphatic carbocycles. The topological polar surface area (TPSA) is 108 Å². The number of hydrogen-bond acceptors (Lipinski definition) is 7. The first kappa shape index (κ1) is 20.2. The molecule has 0 radical (unpaired) electrons. The van der Waals surface area contributed by atoms with Crippen molar-refractivity contribution in [3.8, 4) is 5.75 Å². The van der Waals surface area contributed by atoms with E-state index in [1.165, 1.54) is 22.6 Å². The van der Waals surface area contributed by atoms with Gasteiger partial charge in [-0.05, 0) is 43.3 Å². The maximum Gasteiger partial charge on any atom is 0.238 e. The van der Waals surface area contributed by atoms with Gasteiger partial charge >= 0.3 is 0 Å². The summed E-state index contributed by atoms with van der Waals surface area (Å²) in [5.74, 6) is 7.23. The van der Waals surface area contributed by atoms with Crippen molar-refractivity contribution in [3.63, 3.8) is 0 Å². The van der Waals surface area contributed by atoms with E-state index in [2.05, 4.69) is 20.5 Å². The van der Waals surface area contributed by atoms with Crippen LogP contribution in [0.15, 0.2) is 47.8 Å². The molecular weight excluding hydrogens is 423 g/mol. The third-order valence-corrected chi connectivity index (χ3v) is 5.08. The van der Waals surface area contributed by atoms with Gasteiger partial charge in [-0.2, -0.15) is 0 Å². The van der Waals surface area contributed by atoms with Gasteiger partial charge in [0.2, 0.25) is 11.1 Å². The zero-order valence-corrected chi connectivity index (χ0v) is 17.0. The lowest BCUT2D eigenvalue weighted by molar-refractivity contribution is -0.115. The Balaban J connectivity index is 1.57. The third kappa shape index (κ3) is 5.28. The average molecular weight is 439 g/mol. The number of amides is 1. The summed E-state index contributed by atoms with van der Waals surface area (Å²) in [6, 6.07) is 10.2. The van der Waals surface area contributed by atoms with Crippen LogP contribution < -0.4 is 15.9 Å². The second-order valence-corrected chi connectivity index (χ2v) is 7.80. The number of carbonyl (C=O) groups is 1. The molecule has 0 saturated carbocycles. The Hall–Kier alpha value is -2.49. The summed E-state index contributed by atoms with van der Waals surface area (Å²) in [7, 11) is 0. The van der Waals surface area contributed by atoms with Crippen LogP contribution in [0.1, 0.15) is 12.7 Å². The number of pyridine rings is 1. The normalized spacial score (nSPS) is 11.8. The van der Waals surface area contributed by atoms with Crippen LogP contribution in [0.5, 0.6) is 5.75 Å². The standard InChI is InChI=1S/C17H16Cl2N6O2S/c1-10(16(26)22-14-7-4-12(19)8-21-14)28-17-24-23-15(25(17)20)9-27-13-5-2-11(18)3-6-13/h2-8,10H,9,20H2,1H3,(H,21,22,26)/t10-/m0/s1. The average Bonchev–Trinajstić information content (AvgIpc) is 3.03. The summed E-state index contributed by atoms with van der Waals surface area (Å²) in [5.41, 5.74) is 0. The number of hydrogen-bond donors (Lipinski definition) is 2. The highest BCUT2D eigenvalue weighted by Gasteiger charge is 2.20. The van der Waals surface area contributed by atoms with Crippen molar-refractivity contribution in [2.45, 2.75) is 23.9 Å². The van der Waals surface area contributed by atoms with Gasteiger partial charge in [0, 0.05) is 11.2 Å². The number of rotatable bonds is 7. The fourth-order valence-corrected chi connectivity index (χ4v) is 3.08. The number of benzene rings is 1. The van der Waals surface area contributed by atoms with Gasteiger partial charge in [0.1, 0.15) is 18.2 Å². The number of nitrogens with one attached hydrogen (secondary N) is 1. The van der Waals surface area contributed by atoms with E-state index in [4.69, 9.17) is 33.8 Å². The summed E-state index contributed by atoms with van der Waals surface area (Å²) in [6.07, 6.45) is 1.46. The molecule has 0 fully saturated rings. The van der Waals surface area contributed by atoms with E-state index >= 15 is 0 Å². The van der Waals surface area contributed by atoms with Gasteiger partial charge < -0.3 is 15.9 Å². The Bertz CT molecular complexity index is 949. The second-order valence-electron chi connectivity index (χ2n) is 5.62. The molecule has 3 aromatic rings. The van der Waals surface area contributed by atoms with Gasteiger partial charge in [0.05, 0.1) is 10.3 Å². The monoisotopic (exact) mass is 438 g/mol. The van der Waals surface area contributed by atoms with Crippen molar-refractivity contribution in [2.24, 2.45) is 0 Å². The number of nitrogens with zero attached hydrogens (tertiary/aromatic N) is 4. The van der Waals surface area contributed by atoms with Crippen LogP contribution in [0.4, 0.5) is 5.82 Å². The van der Waals surface area contributed by atoms with Crippen LogP contribution >= 0.6 is 35.0 Å². The van der Waals surface area contributed by atoms with E-state index in [-0.39, 0.29) is 12.5 Å². The number of nitrogen functional groups attached to an aromatic ring is 1. The van der Waals surface area contributed by atoms with Crippen LogP contribution in [0.3, 0.4) is 0 Å². The Kier molecular flexibility index (Phi) is 6.61. The van der Waals surface area contributed by atoms with E-state index < -0.39 is 5.25 Å². The number of thioether (sulfide) groups is 1. The Morgan fingerprint density at radius 2 is 1.93 bits per heavy atom. The van der Waals surface area contributed by atoms with Gasteiger partial charge in [-0.3, -0.25) is 4.79 Å². The molecule has 1 amide bonds. The fraction of sp³-hybridized carbons (Fsp3) is 0.176. The van der Waals surface area contributed by atoms with E-state index in [0.717, 1.165) is 0 Å². The SMILES string of the molecule is C[C@H](Sc1nnc(COc2ccc(Cl)cc2)n1N)C(=O)Nc1ccc(Cl)cn1. The van der Waals surface area contributed by atoms with E-state index in [1.807, 2.05) is 0 Å². The highest BCUT2D eigenvalue weighted by molar-refractivity contribution is 8.00. The van der Waals surface area contributed by atoms with E-state index in [0.29, 0.717) is 32.6 Å². The summed E-state index contributed by atoms with van der Waals surface area (Å²) in [4.78, 5) is 16.4. The molecule has 0 unspecified atom stereocenters. The first-order valence-electron chi connectivity index (χ1n) is 8.09. The smallest absolute Gasteiger partial charge is 0.238 e. The molecule has 11 heteroatoms. The first-order valence-corrected chi connectivity index (χ1v) is 9.73. The zero-order valence-electron chi connectivity index (χ0n) is 14.7. The molecule has 0 spiro atoms. The lowest BCUT2D eigenvalue weighted by Crippen LogP contribution is -2.24. The van der Waals surface area contributed by atoms with Gasteiger partial charge in [-0.1, -0.05) is 35.0 Å².